The van der Waals surface area contributed by atoms with Gasteiger partial charge < -0.3 is 0 Å². The van der Waals surface area contributed by atoms with Crippen molar-refractivity contribution in [2.75, 3.05) is 0 Å². The van der Waals surface area contributed by atoms with E-state index < -0.39 is 0 Å². The first-order valence-corrected chi connectivity index (χ1v) is 3.56. The SMILES string of the molecule is [C-]#[N+]c1cn(C)nc1C(C)C. The van der Waals surface area contributed by atoms with Crippen molar-refractivity contribution in [3.63, 3.8) is 0 Å². The highest BCUT2D eigenvalue weighted by Gasteiger charge is 2.09. The molecule has 0 saturated carbocycles. The van der Waals surface area contributed by atoms with E-state index in [-0.39, 0.29) is 0 Å². The monoisotopic (exact) mass is 149 g/mol. The van der Waals surface area contributed by atoms with Gasteiger partial charge in [0.15, 0.2) is 0 Å². The van der Waals surface area contributed by atoms with Crippen LogP contribution in [-0.4, -0.2) is 9.78 Å². The van der Waals surface area contributed by atoms with E-state index in [1.165, 1.54) is 0 Å². The Kier molecular flexibility index (Phi) is 1.95. The van der Waals surface area contributed by atoms with Gasteiger partial charge in [0.1, 0.15) is 0 Å². The van der Waals surface area contributed by atoms with Crippen LogP contribution in [0.5, 0.6) is 0 Å². The van der Waals surface area contributed by atoms with Gasteiger partial charge in [-0.25, -0.2) is 4.85 Å². The van der Waals surface area contributed by atoms with Crippen LogP contribution in [0.15, 0.2) is 6.20 Å². The molecule has 0 saturated heterocycles. The lowest BCUT2D eigenvalue weighted by molar-refractivity contribution is 0.713. The van der Waals surface area contributed by atoms with Gasteiger partial charge in [0.2, 0.25) is 5.69 Å². The van der Waals surface area contributed by atoms with Gasteiger partial charge in [0, 0.05) is 13.2 Å². The molecule has 11 heavy (non-hydrogen) atoms. The Morgan fingerprint density at radius 2 is 2.27 bits per heavy atom. The van der Waals surface area contributed by atoms with Gasteiger partial charge in [-0.3, -0.25) is 4.68 Å². The fourth-order valence-electron chi connectivity index (χ4n) is 0.991. The highest BCUT2D eigenvalue weighted by Crippen LogP contribution is 2.24. The maximum Gasteiger partial charge on any atom is 0.227 e. The van der Waals surface area contributed by atoms with Gasteiger partial charge in [-0.2, -0.15) is 5.10 Å². The topological polar surface area (TPSA) is 22.2 Å². The molecule has 0 aliphatic heterocycles. The molecule has 0 N–H and O–H groups in total. The Hall–Kier alpha value is -1.30. The third-order valence-corrected chi connectivity index (χ3v) is 1.50. The molecule has 1 aromatic heterocycles. The summed E-state index contributed by atoms with van der Waals surface area (Å²) in [5.74, 6) is 0.334. The van der Waals surface area contributed by atoms with Crippen molar-refractivity contribution < 1.29 is 0 Å². The fraction of sp³-hybridized carbons (Fsp3) is 0.500. The van der Waals surface area contributed by atoms with Crippen molar-refractivity contribution in [3.05, 3.63) is 23.3 Å². The van der Waals surface area contributed by atoms with E-state index in [4.69, 9.17) is 6.57 Å². The Morgan fingerprint density at radius 3 is 2.64 bits per heavy atom. The lowest BCUT2D eigenvalue weighted by Crippen LogP contribution is -1.92. The van der Waals surface area contributed by atoms with E-state index >= 15 is 0 Å². The largest absolute Gasteiger partial charge is 0.287 e. The van der Waals surface area contributed by atoms with E-state index in [0.29, 0.717) is 11.6 Å². The number of hydrogen-bond acceptors (Lipinski definition) is 1. The number of rotatable bonds is 1. The second-order valence-corrected chi connectivity index (χ2v) is 2.84. The van der Waals surface area contributed by atoms with Gasteiger partial charge in [-0.15, -0.1) is 0 Å². The molecule has 0 amide bonds. The Labute approximate surface area is 66.5 Å². The minimum Gasteiger partial charge on any atom is -0.287 e. The molecule has 0 spiro atoms. The molecule has 58 valence electrons. The van der Waals surface area contributed by atoms with Crippen molar-refractivity contribution in [2.45, 2.75) is 19.8 Å². The fourth-order valence-corrected chi connectivity index (χ4v) is 0.991. The van der Waals surface area contributed by atoms with Crippen LogP contribution < -0.4 is 0 Å². The summed E-state index contributed by atoms with van der Waals surface area (Å²) in [6, 6.07) is 0. The van der Waals surface area contributed by atoms with Crippen molar-refractivity contribution in [2.24, 2.45) is 7.05 Å². The molecule has 3 heteroatoms. The molecule has 0 aliphatic rings. The molecule has 0 radical (unpaired) electrons. The summed E-state index contributed by atoms with van der Waals surface area (Å²) in [4.78, 5) is 3.38. The molecule has 0 bridgehead atoms. The summed E-state index contributed by atoms with van der Waals surface area (Å²) in [5, 5.41) is 4.18. The summed E-state index contributed by atoms with van der Waals surface area (Å²) in [6.45, 7) is 10.9. The van der Waals surface area contributed by atoms with Gasteiger partial charge in [-0.1, -0.05) is 13.8 Å². The van der Waals surface area contributed by atoms with Crippen LogP contribution in [0.4, 0.5) is 5.69 Å². The highest BCUT2D eigenvalue weighted by atomic mass is 15.3. The first-order valence-electron chi connectivity index (χ1n) is 3.56. The van der Waals surface area contributed by atoms with E-state index in [1.807, 2.05) is 20.9 Å². The average molecular weight is 149 g/mol. The maximum atomic E-state index is 6.86. The molecule has 0 unspecified atom stereocenters. The summed E-state index contributed by atoms with van der Waals surface area (Å²) >= 11 is 0. The third-order valence-electron chi connectivity index (χ3n) is 1.50. The number of aromatic nitrogens is 2. The van der Waals surface area contributed by atoms with Crippen LogP contribution in [0.1, 0.15) is 25.5 Å². The van der Waals surface area contributed by atoms with Gasteiger partial charge in [-0.05, 0) is 5.92 Å². The van der Waals surface area contributed by atoms with Crippen molar-refractivity contribution in [1.29, 1.82) is 0 Å². The minimum absolute atomic E-state index is 0.334. The lowest BCUT2D eigenvalue weighted by Gasteiger charge is -1.98. The first kappa shape index (κ1) is 7.80. The molecule has 0 aromatic carbocycles. The van der Waals surface area contributed by atoms with Crippen molar-refractivity contribution >= 4 is 5.69 Å². The zero-order chi connectivity index (χ0) is 8.43. The van der Waals surface area contributed by atoms with Gasteiger partial charge >= 0.3 is 0 Å². The van der Waals surface area contributed by atoms with Crippen LogP contribution in [0.25, 0.3) is 4.85 Å². The predicted octanol–water partition coefficient (Wildman–Crippen LogP) is 2.09. The zero-order valence-electron chi connectivity index (χ0n) is 7.00. The number of hydrogen-bond donors (Lipinski definition) is 0. The summed E-state index contributed by atoms with van der Waals surface area (Å²) in [6.07, 6.45) is 1.75. The van der Waals surface area contributed by atoms with E-state index in [2.05, 4.69) is 9.94 Å². The minimum atomic E-state index is 0.334. The molecule has 1 aromatic rings. The predicted molar refractivity (Wildman–Crippen MR) is 43.6 cm³/mol. The molecule has 0 aliphatic carbocycles. The lowest BCUT2D eigenvalue weighted by atomic mass is 10.1. The Balaban J connectivity index is 3.15. The first-order chi connectivity index (χ1) is 5.15. The molecular formula is C8H11N3. The van der Waals surface area contributed by atoms with Gasteiger partial charge in [0.05, 0.1) is 12.3 Å². The Bertz CT molecular complexity index is 291. The normalized spacial score (nSPS) is 10.1. The maximum absolute atomic E-state index is 6.86. The average Bonchev–Trinajstić information content (AvgIpc) is 2.30. The van der Waals surface area contributed by atoms with E-state index in [9.17, 15) is 0 Å². The van der Waals surface area contributed by atoms with Crippen molar-refractivity contribution in [1.82, 2.24) is 9.78 Å². The standard InChI is InChI=1S/C8H11N3/c1-6(2)8-7(9-3)5-11(4)10-8/h5-6H,1-2,4H3. The summed E-state index contributed by atoms with van der Waals surface area (Å²) < 4.78 is 1.68. The van der Waals surface area contributed by atoms with Crippen molar-refractivity contribution in [3.8, 4) is 0 Å². The molecular weight excluding hydrogens is 138 g/mol. The number of aryl methyl sites for hydroxylation is 1. The second-order valence-electron chi connectivity index (χ2n) is 2.84. The molecule has 1 heterocycles. The molecule has 3 nitrogen and oxygen atoms in total. The van der Waals surface area contributed by atoms with Crippen LogP contribution in [-0.2, 0) is 7.05 Å². The van der Waals surface area contributed by atoms with Crippen LogP contribution in [0.2, 0.25) is 0 Å². The summed E-state index contributed by atoms with van der Waals surface area (Å²) in [5.41, 5.74) is 1.56. The van der Waals surface area contributed by atoms with Gasteiger partial charge in [0.25, 0.3) is 0 Å². The Morgan fingerprint density at radius 1 is 1.64 bits per heavy atom. The quantitative estimate of drug-likeness (QED) is 0.560. The third kappa shape index (κ3) is 1.40. The van der Waals surface area contributed by atoms with E-state index in [0.717, 1.165) is 5.69 Å². The van der Waals surface area contributed by atoms with Crippen LogP contribution in [0.3, 0.4) is 0 Å². The second kappa shape index (κ2) is 2.75. The highest BCUT2D eigenvalue weighted by molar-refractivity contribution is 5.48. The zero-order valence-corrected chi connectivity index (χ0v) is 7.00. The van der Waals surface area contributed by atoms with E-state index in [1.54, 1.807) is 10.9 Å². The summed E-state index contributed by atoms with van der Waals surface area (Å²) in [7, 11) is 1.83. The number of nitrogens with zero attached hydrogens (tertiary/aromatic N) is 3. The molecule has 0 atom stereocenters. The van der Waals surface area contributed by atoms with Crippen LogP contribution in [0, 0.1) is 6.57 Å². The molecule has 1 rings (SSSR count). The smallest absolute Gasteiger partial charge is 0.227 e. The van der Waals surface area contributed by atoms with Crippen LogP contribution >= 0.6 is 0 Å². The molecule has 0 fully saturated rings.